The SMILES string of the molecule is CC(C)(C)OC(=O)Nc1ccc(C2(CO)CC2)cc1Cl. The number of rotatable bonds is 3. The summed E-state index contributed by atoms with van der Waals surface area (Å²) < 4.78 is 5.18. The van der Waals surface area contributed by atoms with Crippen molar-refractivity contribution in [2.45, 2.75) is 44.6 Å². The highest BCUT2D eigenvalue weighted by atomic mass is 35.5. The number of anilines is 1. The van der Waals surface area contributed by atoms with Crippen molar-refractivity contribution in [3.63, 3.8) is 0 Å². The number of carbonyl (C=O) groups is 1. The first-order chi connectivity index (χ1) is 9.26. The topological polar surface area (TPSA) is 58.6 Å². The normalized spacial score (nSPS) is 16.6. The molecule has 1 saturated carbocycles. The number of hydrogen-bond donors (Lipinski definition) is 2. The molecule has 0 saturated heterocycles. The Morgan fingerprint density at radius 1 is 1.45 bits per heavy atom. The lowest BCUT2D eigenvalue weighted by Crippen LogP contribution is -2.27. The van der Waals surface area contributed by atoms with Crippen LogP contribution in [0.2, 0.25) is 5.02 Å². The monoisotopic (exact) mass is 297 g/mol. The maximum Gasteiger partial charge on any atom is 0.412 e. The van der Waals surface area contributed by atoms with Crippen LogP contribution in [0.25, 0.3) is 0 Å². The van der Waals surface area contributed by atoms with Crippen LogP contribution in [0.15, 0.2) is 18.2 Å². The maximum atomic E-state index is 11.7. The third kappa shape index (κ3) is 3.44. The first-order valence-electron chi connectivity index (χ1n) is 6.67. The average molecular weight is 298 g/mol. The molecular formula is C15H20ClNO3. The summed E-state index contributed by atoms with van der Waals surface area (Å²) in [6.45, 7) is 5.53. The van der Waals surface area contributed by atoms with E-state index in [1.807, 2.05) is 6.07 Å². The average Bonchev–Trinajstić information content (AvgIpc) is 3.10. The molecule has 2 rings (SSSR count). The highest BCUT2D eigenvalue weighted by Crippen LogP contribution is 2.48. The molecule has 0 radical (unpaired) electrons. The first-order valence-corrected chi connectivity index (χ1v) is 7.04. The zero-order chi connectivity index (χ0) is 15.0. The summed E-state index contributed by atoms with van der Waals surface area (Å²) >= 11 is 6.18. The third-order valence-corrected chi connectivity index (χ3v) is 3.69. The number of amides is 1. The number of carbonyl (C=O) groups excluding carboxylic acids is 1. The minimum Gasteiger partial charge on any atom is -0.444 e. The molecule has 2 N–H and O–H groups in total. The van der Waals surface area contributed by atoms with E-state index in [0.717, 1.165) is 18.4 Å². The summed E-state index contributed by atoms with van der Waals surface area (Å²) in [4.78, 5) is 11.7. The van der Waals surface area contributed by atoms with Gasteiger partial charge in [-0.15, -0.1) is 0 Å². The number of ether oxygens (including phenoxy) is 1. The van der Waals surface area contributed by atoms with Crippen molar-refractivity contribution < 1.29 is 14.6 Å². The Hall–Kier alpha value is -1.26. The molecule has 20 heavy (non-hydrogen) atoms. The van der Waals surface area contributed by atoms with Gasteiger partial charge in [0.15, 0.2) is 0 Å². The van der Waals surface area contributed by atoms with E-state index in [9.17, 15) is 9.90 Å². The summed E-state index contributed by atoms with van der Waals surface area (Å²) in [5.41, 5.74) is 0.845. The number of hydrogen-bond acceptors (Lipinski definition) is 3. The van der Waals surface area contributed by atoms with Crippen LogP contribution in [-0.4, -0.2) is 23.4 Å². The number of halogens is 1. The smallest absolute Gasteiger partial charge is 0.412 e. The molecule has 0 spiro atoms. The van der Waals surface area contributed by atoms with Crippen LogP contribution in [0.3, 0.4) is 0 Å². The lowest BCUT2D eigenvalue weighted by Gasteiger charge is -2.20. The van der Waals surface area contributed by atoms with Crippen LogP contribution in [0.1, 0.15) is 39.2 Å². The van der Waals surface area contributed by atoms with E-state index in [4.69, 9.17) is 16.3 Å². The van der Waals surface area contributed by atoms with Crippen LogP contribution in [0.4, 0.5) is 10.5 Å². The Morgan fingerprint density at radius 2 is 2.10 bits per heavy atom. The van der Waals surface area contributed by atoms with Crippen LogP contribution in [0.5, 0.6) is 0 Å². The van der Waals surface area contributed by atoms with Gasteiger partial charge in [-0.2, -0.15) is 0 Å². The zero-order valence-electron chi connectivity index (χ0n) is 12.0. The number of aliphatic hydroxyl groups excluding tert-OH is 1. The van der Waals surface area contributed by atoms with Crippen molar-refractivity contribution >= 4 is 23.4 Å². The van der Waals surface area contributed by atoms with E-state index < -0.39 is 11.7 Å². The maximum absolute atomic E-state index is 11.7. The van der Waals surface area contributed by atoms with Crippen molar-refractivity contribution in [1.29, 1.82) is 0 Å². The fraction of sp³-hybridized carbons (Fsp3) is 0.533. The van der Waals surface area contributed by atoms with Gasteiger partial charge in [0.25, 0.3) is 0 Å². The Labute approximate surface area is 124 Å². The van der Waals surface area contributed by atoms with Gasteiger partial charge in [0, 0.05) is 5.41 Å². The lowest BCUT2D eigenvalue weighted by molar-refractivity contribution is 0.0636. The van der Waals surface area contributed by atoms with Crippen molar-refractivity contribution in [3.8, 4) is 0 Å². The van der Waals surface area contributed by atoms with Gasteiger partial charge >= 0.3 is 6.09 Å². The van der Waals surface area contributed by atoms with Gasteiger partial charge in [-0.1, -0.05) is 17.7 Å². The van der Waals surface area contributed by atoms with Gasteiger partial charge in [-0.05, 0) is 51.3 Å². The standard InChI is InChI=1S/C15H20ClNO3/c1-14(2,3)20-13(19)17-12-5-4-10(8-11(12)16)15(9-18)6-7-15/h4-5,8,18H,6-7,9H2,1-3H3,(H,17,19). The number of benzene rings is 1. The zero-order valence-corrected chi connectivity index (χ0v) is 12.8. The molecule has 0 aromatic heterocycles. The molecule has 110 valence electrons. The summed E-state index contributed by atoms with van der Waals surface area (Å²) in [5, 5.41) is 12.5. The van der Waals surface area contributed by atoms with Crippen LogP contribution in [-0.2, 0) is 10.2 Å². The molecule has 1 fully saturated rings. The van der Waals surface area contributed by atoms with Crippen molar-refractivity contribution in [2.75, 3.05) is 11.9 Å². The summed E-state index contributed by atoms with van der Waals surface area (Å²) in [7, 11) is 0. The van der Waals surface area contributed by atoms with Crippen molar-refractivity contribution in [1.82, 2.24) is 0 Å². The van der Waals surface area contributed by atoms with Crippen molar-refractivity contribution in [2.24, 2.45) is 0 Å². The second-order valence-electron chi connectivity index (χ2n) is 6.26. The molecule has 0 heterocycles. The van der Waals surface area contributed by atoms with E-state index in [2.05, 4.69) is 5.32 Å². The van der Waals surface area contributed by atoms with Crippen LogP contribution in [0, 0.1) is 0 Å². The molecule has 1 aromatic carbocycles. The molecule has 0 unspecified atom stereocenters. The van der Waals surface area contributed by atoms with Gasteiger partial charge in [0.2, 0.25) is 0 Å². The van der Waals surface area contributed by atoms with E-state index in [-0.39, 0.29) is 12.0 Å². The number of nitrogens with one attached hydrogen (secondary N) is 1. The van der Waals surface area contributed by atoms with E-state index in [0.29, 0.717) is 10.7 Å². The third-order valence-electron chi connectivity index (χ3n) is 3.37. The largest absolute Gasteiger partial charge is 0.444 e. The van der Waals surface area contributed by atoms with Crippen molar-refractivity contribution in [3.05, 3.63) is 28.8 Å². The Morgan fingerprint density at radius 3 is 2.55 bits per heavy atom. The van der Waals surface area contributed by atoms with E-state index >= 15 is 0 Å². The Bertz CT molecular complexity index is 518. The molecule has 0 bridgehead atoms. The van der Waals surface area contributed by atoms with E-state index in [1.54, 1.807) is 32.9 Å². The van der Waals surface area contributed by atoms with Crippen LogP contribution < -0.4 is 5.32 Å². The van der Waals surface area contributed by atoms with E-state index in [1.165, 1.54) is 0 Å². The predicted octanol–water partition coefficient (Wildman–Crippen LogP) is 3.71. The molecule has 0 aliphatic heterocycles. The first kappa shape index (κ1) is 15.1. The Kier molecular flexibility index (Phi) is 3.98. The highest BCUT2D eigenvalue weighted by Gasteiger charge is 2.43. The molecule has 5 heteroatoms. The lowest BCUT2D eigenvalue weighted by atomic mass is 9.97. The number of aliphatic hydroxyl groups is 1. The fourth-order valence-corrected chi connectivity index (χ4v) is 2.28. The predicted molar refractivity (Wildman–Crippen MR) is 79.3 cm³/mol. The van der Waals surface area contributed by atoms with Gasteiger partial charge in [-0.3, -0.25) is 5.32 Å². The molecule has 4 nitrogen and oxygen atoms in total. The highest BCUT2D eigenvalue weighted by molar-refractivity contribution is 6.33. The molecule has 1 aliphatic rings. The van der Waals surface area contributed by atoms with Gasteiger partial charge in [-0.25, -0.2) is 4.79 Å². The Balaban J connectivity index is 2.09. The minimum absolute atomic E-state index is 0.127. The summed E-state index contributed by atoms with van der Waals surface area (Å²) in [6.07, 6.45) is 1.41. The van der Waals surface area contributed by atoms with Crippen LogP contribution >= 0.6 is 11.6 Å². The molecule has 1 amide bonds. The second-order valence-corrected chi connectivity index (χ2v) is 6.67. The van der Waals surface area contributed by atoms with Gasteiger partial charge in [0.05, 0.1) is 17.3 Å². The second kappa shape index (κ2) is 5.26. The molecule has 1 aromatic rings. The fourth-order valence-electron chi connectivity index (χ4n) is 2.05. The molecule has 1 aliphatic carbocycles. The van der Waals surface area contributed by atoms with Gasteiger partial charge in [0.1, 0.15) is 5.60 Å². The van der Waals surface area contributed by atoms with Gasteiger partial charge < -0.3 is 9.84 Å². The molecular weight excluding hydrogens is 278 g/mol. The quantitative estimate of drug-likeness (QED) is 0.894. The summed E-state index contributed by atoms with van der Waals surface area (Å²) in [6, 6.07) is 5.44. The minimum atomic E-state index is -0.550. The summed E-state index contributed by atoms with van der Waals surface area (Å²) in [5.74, 6) is 0. The molecule has 0 atom stereocenters.